The molecule has 0 bridgehead atoms. The number of nitrogens with zero attached hydrogens (tertiary/aromatic N) is 2. The van der Waals surface area contributed by atoms with Gasteiger partial charge in [-0.2, -0.15) is 0 Å². The summed E-state index contributed by atoms with van der Waals surface area (Å²) in [6.45, 7) is 5.02. The van der Waals surface area contributed by atoms with E-state index in [-0.39, 0.29) is 0 Å². The number of fused-ring (bicyclic) bond motifs is 1. The molecule has 0 aromatic carbocycles. The van der Waals surface area contributed by atoms with E-state index in [1.807, 2.05) is 4.90 Å². The van der Waals surface area contributed by atoms with Crippen LogP contribution in [0.2, 0.25) is 0 Å². The lowest BCUT2D eigenvalue weighted by Gasteiger charge is -2.35. The van der Waals surface area contributed by atoms with Gasteiger partial charge < -0.3 is 15.1 Å². The Balaban J connectivity index is 1.41. The van der Waals surface area contributed by atoms with Crippen LogP contribution < -0.4 is 5.32 Å². The van der Waals surface area contributed by atoms with E-state index >= 15 is 0 Å². The molecule has 4 nitrogen and oxygen atoms in total. The van der Waals surface area contributed by atoms with Gasteiger partial charge in [0.2, 0.25) is 5.91 Å². The normalized spacial score (nSPS) is 32.8. The molecule has 3 fully saturated rings. The van der Waals surface area contributed by atoms with Gasteiger partial charge in [0.25, 0.3) is 0 Å². The molecule has 3 saturated heterocycles. The third-order valence-electron chi connectivity index (χ3n) is 4.82. The highest BCUT2D eigenvalue weighted by molar-refractivity contribution is 5.78. The van der Waals surface area contributed by atoms with Crippen molar-refractivity contribution in [1.29, 1.82) is 0 Å². The van der Waals surface area contributed by atoms with Crippen molar-refractivity contribution in [1.82, 2.24) is 15.1 Å². The third-order valence-corrected chi connectivity index (χ3v) is 4.82. The van der Waals surface area contributed by atoms with Crippen LogP contribution in [0.1, 0.15) is 38.5 Å². The van der Waals surface area contributed by atoms with E-state index in [2.05, 4.69) is 10.2 Å². The summed E-state index contributed by atoms with van der Waals surface area (Å²) in [7, 11) is 0. The van der Waals surface area contributed by atoms with Crippen molar-refractivity contribution in [3.05, 3.63) is 0 Å². The molecule has 102 valence electrons. The summed E-state index contributed by atoms with van der Waals surface area (Å²) >= 11 is 0. The fourth-order valence-electron chi connectivity index (χ4n) is 3.72. The van der Waals surface area contributed by atoms with Crippen molar-refractivity contribution >= 4 is 5.91 Å². The lowest BCUT2D eigenvalue weighted by Crippen LogP contribution is -2.48. The number of rotatable bonds is 3. The molecule has 3 rings (SSSR count). The molecule has 3 heterocycles. The second-order valence-corrected chi connectivity index (χ2v) is 6.02. The van der Waals surface area contributed by atoms with Crippen LogP contribution in [-0.4, -0.2) is 60.5 Å². The summed E-state index contributed by atoms with van der Waals surface area (Å²) < 4.78 is 0. The Labute approximate surface area is 110 Å². The monoisotopic (exact) mass is 251 g/mol. The van der Waals surface area contributed by atoms with Crippen molar-refractivity contribution in [3.63, 3.8) is 0 Å². The number of hydrogen-bond acceptors (Lipinski definition) is 3. The SMILES string of the molecule is O=C(CNC1CCN2CCCC2C1)N1CCCC1. The summed E-state index contributed by atoms with van der Waals surface area (Å²) in [5.41, 5.74) is 0. The molecule has 0 aliphatic carbocycles. The van der Waals surface area contributed by atoms with Gasteiger partial charge in [-0.05, 0) is 51.6 Å². The topological polar surface area (TPSA) is 35.6 Å². The minimum Gasteiger partial charge on any atom is -0.342 e. The van der Waals surface area contributed by atoms with Crippen molar-refractivity contribution in [2.75, 3.05) is 32.7 Å². The molecular formula is C14H25N3O. The van der Waals surface area contributed by atoms with Crippen molar-refractivity contribution < 1.29 is 4.79 Å². The number of amides is 1. The smallest absolute Gasteiger partial charge is 0.236 e. The standard InChI is InChI=1S/C14H25N3O/c18-14(17-6-1-2-7-17)11-15-12-5-9-16-8-3-4-13(16)10-12/h12-13,15H,1-11H2. The fourth-order valence-corrected chi connectivity index (χ4v) is 3.72. The minimum absolute atomic E-state index is 0.307. The summed E-state index contributed by atoms with van der Waals surface area (Å²) in [5.74, 6) is 0.307. The van der Waals surface area contributed by atoms with Crippen LogP contribution in [0.15, 0.2) is 0 Å². The molecule has 4 heteroatoms. The second kappa shape index (κ2) is 5.57. The highest BCUT2D eigenvalue weighted by atomic mass is 16.2. The van der Waals surface area contributed by atoms with E-state index in [1.54, 1.807) is 0 Å². The average molecular weight is 251 g/mol. The molecule has 1 N–H and O–H groups in total. The van der Waals surface area contributed by atoms with Gasteiger partial charge in [0, 0.05) is 25.2 Å². The highest BCUT2D eigenvalue weighted by Crippen LogP contribution is 2.26. The zero-order chi connectivity index (χ0) is 12.4. The molecule has 3 aliphatic heterocycles. The predicted molar refractivity (Wildman–Crippen MR) is 71.4 cm³/mol. The minimum atomic E-state index is 0.307. The maximum Gasteiger partial charge on any atom is 0.236 e. The molecule has 2 unspecified atom stereocenters. The Hall–Kier alpha value is -0.610. The lowest BCUT2D eigenvalue weighted by atomic mass is 9.97. The van der Waals surface area contributed by atoms with Crippen LogP contribution in [0, 0.1) is 0 Å². The van der Waals surface area contributed by atoms with Crippen molar-refractivity contribution in [2.24, 2.45) is 0 Å². The van der Waals surface area contributed by atoms with E-state index < -0.39 is 0 Å². The first-order valence-corrected chi connectivity index (χ1v) is 7.58. The molecule has 0 radical (unpaired) electrons. The van der Waals surface area contributed by atoms with Crippen LogP contribution in [0.5, 0.6) is 0 Å². The number of hydrogen-bond donors (Lipinski definition) is 1. The van der Waals surface area contributed by atoms with Crippen molar-refractivity contribution in [3.8, 4) is 0 Å². The van der Waals surface area contributed by atoms with Crippen LogP contribution in [0.4, 0.5) is 0 Å². The first-order valence-electron chi connectivity index (χ1n) is 7.58. The van der Waals surface area contributed by atoms with Gasteiger partial charge >= 0.3 is 0 Å². The Bertz CT molecular complexity index is 301. The molecule has 0 spiro atoms. The van der Waals surface area contributed by atoms with Crippen LogP contribution in [0.3, 0.4) is 0 Å². The van der Waals surface area contributed by atoms with Gasteiger partial charge in [0.1, 0.15) is 0 Å². The lowest BCUT2D eigenvalue weighted by molar-refractivity contribution is -0.129. The number of piperidine rings is 1. The largest absolute Gasteiger partial charge is 0.342 e. The van der Waals surface area contributed by atoms with Crippen LogP contribution in [0.25, 0.3) is 0 Å². The molecule has 0 aromatic heterocycles. The maximum absolute atomic E-state index is 12.0. The molecule has 18 heavy (non-hydrogen) atoms. The predicted octanol–water partition coefficient (Wildman–Crippen LogP) is 0.825. The van der Waals surface area contributed by atoms with Gasteiger partial charge in [0.05, 0.1) is 6.54 Å². The maximum atomic E-state index is 12.0. The van der Waals surface area contributed by atoms with E-state index in [0.29, 0.717) is 18.5 Å². The molecule has 1 amide bonds. The van der Waals surface area contributed by atoms with E-state index in [9.17, 15) is 4.79 Å². The molecule has 2 atom stereocenters. The molecule has 0 aromatic rings. The highest BCUT2D eigenvalue weighted by Gasteiger charge is 2.31. The molecule has 0 saturated carbocycles. The number of likely N-dealkylation sites (tertiary alicyclic amines) is 1. The number of carbonyl (C=O) groups is 1. The quantitative estimate of drug-likeness (QED) is 0.807. The Morgan fingerprint density at radius 3 is 2.72 bits per heavy atom. The average Bonchev–Trinajstić information content (AvgIpc) is 3.05. The van der Waals surface area contributed by atoms with Gasteiger partial charge in [-0.3, -0.25) is 4.79 Å². The van der Waals surface area contributed by atoms with Gasteiger partial charge in [0.15, 0.2) is 0 Å². The van der Waals surface area contributed by atoms with Gasteiger partial charge in [-0.1, -0.05) is 0 Å². The third kappa shape index (κ3) is 2.69. The summed E-state index contributed by atoms with van der Waals surface area (Å²) in [5, 5.41) is 3.49. The summed E-state index contributed by atoms with van der Waals surface area (Å²) in [4.78, 5) is 16.6. The van der Waals surface area contributed by atoms with E-state index in [4.69, 9.17) is 0 Å². The Morgan fingerprint density at radius 2 is 1.89 bits per heavy atom. The molecular weight excluding hydrogens is 226 g/mol. The molecule has 3 aliphatic rings. The summed E-state index contributed by atoms with van der Waals surface area (Å²) in [6, 6.07) is 1.36. The van der Waals surface area contributed by atoms with Crippen LogP contribution in [-0.2, 0) is 4.79 Å². The van der Waals surface area contributed by atoms with Crippen LogP contribution >= 0.6 is 0 Å². The van der Waals surface area contributed by atoms with E-state index in [0.717, 1.165) is 19.1 Å². The summed E-state index contributed by atoms with van der Waals surface area (Å²) in [6.07, 6.45) is 7.55. The fraction of sp³-hybridized carbons (Fsp3) is 0.929. The first-order chi connectivity index (χ1) is 8.83. The van der Waals surface area contributed by atoms with Gasteiger partial charge in [-0.25, -0.2) is 0 Å². The number of carbonyl (C=O) groups excluding carboxylic acids is 1. The second-order valence-electron chi connectivity index (χ2n) is 6.02. The first kappa shape index (κ1) is 12.4. The number of nitrogens with one attached hydrogen (secondary N) is 1. The Kier molecular flexibility index (Phi) is 3.85. The zero-order valence-electron chi connectivity index (χ0n) is 11.2. The zero-order valence-corrected chi connectivity index (χ0v) is 11.2. The van der Waals surface area contributed by atoms with Gasteiger partial charge in [-0.15, -0.1) is 0 Å². The Morgan fingerprint density at radius 1 is 1.06 bits per heavy atom. The van der Waals surface area contributed by atoms with E-state index in [1.165, 1.54) is 51.6 Å². The van der Waals surface area contributed by atoms with Crippen molar-refractivity contribution in [2.45, 2.75) is 50.6 Å².